The minimum Gasteiger partial charge on any atom is -0.267 e. The van der Waals surface area contributed by atoms with Crippen LogP contribution in [0.3, 0.4) is 0 Å². The molecule has 0 N–H and O–H groups in total. The second kappa shape index (κ2) is 4.42. The standard InChI is InChI=1S/C9H18O3S/c1-3-13(10,11)12-8(2)9-6-4-5-7-9/h8-9H,3-7H2,1-2H3. The molecule has 0 amide bonds. The van der Waals surface area contributed by atoms with Crippen LogP contribution in [0.25, 0.3) is 0 Å². The van der Waals surface area contributed by atoms with Gasteiger partial charge in [0.15, 0.2) is 0 Å². The van der Waals surface area contributed by atoms with Crippen LogP contribution in [0.4, 0.5) is 0 Å². The Morgan fingerprint density at radius 3 is 2.38 bits per heavy atom. The maximum atomic E-state index is 11.1. The minimum absolute atomic E-state index is 0.0735. The van der Waals surface area contributed by atoms with E-state index in [1.807, 2.05) is 6.92 Å². The van der Waals surface area contributed by atoms with Gasteiger partial charge in [-0.25, -0.2) is 0 Å². The summed E-state index contributed by atoms with van der Waals surface area (Å²) in [6.45, 7) is 3.47. The molecule has 4 heteroatoms. The molecule has 1 fully saturated rings. The minimum atomic E-state index is -3.26. The van der Waals surface area contributed by atoms with Crippen molar-refractivity contribution in [2.75, 3.05) is 5.75 Å². The Hall–Kier alpha value is -0.0900. The largest absolute Gasteiger partial charge is 0.267 e. The molecule has 0 heterocycles. The maximum absolute atomic E-state index is 11.1. The molecule has 1 aliphatic rings. The van der Waals surface area contributed by atoms with Crippen LogP contribution in [0.2, 0.25) is 0 Å². The smallest absolute Gasteiger partial charge is 0.267 e. The van der Waals surface area contributed by atoms with Gasteiger partial charge in [-0.05, 0) is 32.6 Å². The Kier molecular flexibility index (Phi) is 3.74. The zero-order chi connectivity index (χ0) is 9.90. The molecule has 78 valence electrons. The van der Waals surface area contributed by atoms with Crippen LogP contribution in [0, 0.1) is 5.92 Å². The predicted octanol–water partition coefficient (Wildman–Crippen LogP) is 1.93. The van der Waals surface area contributed by atoms with E-state index in [0.717, 1.165) is 12.8 Å². The Bertz CT molecular complexity index is 240. The Morgan fingerprint density at radius 1 is 1.38 bits per heavy atom. The molecule has 1 rings (SSSR count). The predicted molar refractivity (Wildman–Crippen MR) is 52.0 cm³/mol. The lowest BCUT2D eigenvalue weighted by Gasteiger charge is -2.18. The summed E-state index contributed by atoms with van der Waals surface area (Å²) in [5.74, 6) is 0.519. The highest BCUT2D eigenvalue weighted by Crippen LogP contribution is 2.29. The van der Waals surface area contributed by atoms with E-state index in [0.29, 0.717) is 5.92 Å². The molecule has 1 aliphatic carbocycles. The average molecular weight is 206 g/mol. The van der Waals surface area contributed by atoms with E-state index in [1.54, 1.807) is 6.92 Å². The fourth-order valence-corrected chi connectivity index (χ4v) is 2.56. The summed E-state index contributed by atoms with van der Waals surface area (Å²) < 4.78 is 27.3. The van der Waals surface area contributed by atoms with Gasteiger partial charge in [0.1, 0.15) is 0 Å². The first-order valence-electron chi connectivity index (χ1n) is 4.96. The molecule has 0 bridgehead atoms. The third kappa shape index (κ3) is 3.27. The van der Waals surface area contributed by atoms with Crippen LogP contribution in [-0.4, -0.2) is 20.3 Å². The van der Waals surface area contributed by atoms with Gasteiger partial charge in [0.25, 0.3) is 10.1 Å². The van der Waals surface area contributed by atoms with Gasteiger partial charge in [0.05, 0.1) is 11.9 Å². The van der Waals surface area contributed by atoms with E-state index >= 15 is 0 Å². The van der Waals surface area contributed by atoms with Crippen LogP contribution >= 0.6 is 0 Å². The summed E-state index contributed by atoms with van der Waals surface area (Å²) in [4.78, 5) is 0. The molecule has 3 nitrogen and oxygen atoms in total. The molecular weight excluding hydrogens is 188 g/mol. The van der Waals surface area contributed by atoms with Gasteiger partial charge < -0.3 is 0 Å². The van der Waals surface area contributed by atoms with Crippen molar-refractivity contribution in [2.45, 2.75) is 45.6 Å². The van der Waals surface area contributed by atoms with Gasteiger partial charge in [-0.3, -0.25) is 4.18 Å². The van der Waals surface area contributed by atoms with Crippen LogP contribution in [0.5, 0.6) is 0 Å². The molecule has 1 saturated carbocycles. The van der Waals surface area contributed by atoms with Crippen LogP contribution < -0.4 is 0 Å². The van der Waals surface area contributed by atoms with Crippen LogP contribution in [-0.2, 0) is 14.3 Å². The zero-order valence-electron chi connectivity index (χ0n) is 8.32. The summed E-state index contributed by atoms with van der Waals surface area (Å²) in [6.07, 6.45) is 4.52. The molecule has 0 spiro atoms. The van der Waals surface area contributed by atoms with Crippen molar-refractivity contribution in [1.29, 1.82) is 0 Å². The topological polar surface area (TPSA) is 43.4 Å². The molecular formula is C9H18O3S. The van der Waals surface area contributed by atoms with Crippen molar-refractivity contribution in [3.63, 3.8) is 0 Å². The fourth-order valence-electron chi connectivity index (χ4n) is 1.80. The summed E-state index contributed by atoms with van der Waals surface area (Å²) in [7, 11) is -3.26. The first-order chi connectivity index (χ1) is 6.05. The molecule has 0 radical (unpaired) electrons. The number of rotatable bonds is 4. The zero-order valence-corrected chi connectivity index (χ0v) is 9.14. The van der Waals surface area contributed by atoms with E-state index in [-0.39, 0.29) is 11.9 Å². The highest BCUT2D eigenvalue weighted by Gasteiger charge is 2.25. The van der Waals surface area contributed by atoms with Crippen molar-refractivity contribution >= 4 is 10.1 Å². The summed E-state index contributed by atoms with van der Waals surface area (Å²) in [5.41, 5.74) is 0. The monoisotopic (exact) mass is 206 g/mol. The summed E-state index contributed by atoms with van der Waals surface area (Å²) in [5, 5.41) is 0. The highest BCUT2D eigenvalue weighted by atomic mass is 32.2. The first kappa shape index (κ1) is 11.0. The van der Waals surface area contributed by atoms with Gasteiger partial charge in [0.2, 0.25) is 0 Å². The number of hydrogen-bond donors (Lipinski definition) is 0. The SMILES string of the molecule is CCS(=O)(=O)OC(C)C1CCCC1. The molecule has 1 unspecified atom stereocenters. The Morgan fingerprint density at radius 2 is 1.92 bits per heavy atom. The first-order valence-corrected chi connectivity index (χ1v) is 6.54. The average Bonchev–Trinajstić information content (AvgIpc) is 2.55. The lowest BCUT2D eigenvalue weighted by molar-refractivity contribution is 0.162. The molecule has 0 aromatic rings. The van der Waals surface area contributed by atoms with E-state index in [4.69, 9.17) is 4.18 Å². The molecule has 0 aliphatic heterocycles. The third-order valence-electron chi connectivity index (χ3n) is 2.72. The van der Waals surface area contributed by atoms with Crippen molar-refractivity contribution in [3.8, 4) is 0 Å². The van der Waals surface area contributed by atoms with Gasteiger partial charge >= 0.3 is 0 Å². The van der Waals surface area contributed by atoms with E-state index in [9.17, 15) is 8.42 Å². The van der Waals surface area contributed by atoms with Gasteiger partial charge in [0, 0.05) is 0 Å². The van der Waals surface area contributed by atoms with Crippen LogP contribution in [0.1, 0.15) is 39.5 Å². The lowest BCUT2D eigenvalue weighted by atomic mass is 10.0. The van der Waals surface area contributed by atoms with Crippen LogP contribution in [0.15, 0.2) is 0 Å². The Balaban J connectivity index is 2.44. The lowest BCUT2D eigenvalue weighted by Crippen LogP contribution is -2.23. The van der Waals surface area contributed by atoms with E-state index < -0.39 is 10.1 Å². The summed E-state index contributed by atoms with van der Waals surface area (Å²) in [6, 6.07) is 0. The normalized spacial score (nSPS) is 22.0. The van der Waals surface area contributed by atoms with Crippen molar-refractivity contribution < 1.29 is 12.6 Å². The second-order valence-corrected chi connectivity index (χ2v) is 5.58. The highest BCUT2D eigenvalue weighted by molar-refractivity contribution is 7.86. The van der Waals surface area contributed by atoms with Gasteiger partial charge in [-0.1, -0.05) is 12.8 Å². The number of hydrogen-bond acceptors (Lipinski definition) is 3. The fraction of sp³-hybridized carbons (Fsp3) is 1.00. The molecule has 0 aromatic carbocycles. The Labute approximate surface area is 80.6 Å². The quantitative estimate of drug-likeness (QED) is 0.660. The molecule has 13 heavy (non-hydrogen) atoms. The molecule has 1 atom stereocenters. The van der Waals surface area contributed by atoms with Crippen molar-refractivity contribution in [2.24, 2.45) is 5.92 Å². The third-order valence-corrected chi connectivity index (χ3v) is 4.02. The molecule has 0 saturated heterocycles. The maximum Gasteiger partial charge on any atom is 0.267 e. The van der Waals surface area contributed by atoms with Crippen molar-refractivity contribution in [1.82, 2.24) is 0 Å². The van der Waals surface area contributed by atoms with E-state index in [2.05, 4.69) is 0 Å². The van der Waals surface area contributed by atoms with E-state index in [1.165, 1.54) is 12.8 Å². The van der Waals surface area contributed by atoms with Crippen molar-refractivity contribution in [3.05, 3.63) is 0 Å². The second-order valence-electron chi connectivity index (χ2n) is 3.69. The van der Waals surface area contributed by atoms with Gasteiger partial charge in [-0.15, -0.1) is 0 Å². The summed E-state index contributed by atoms with van der Waals surface area (Å²) >= 11 is 0. The molecule has 0 aromatic heterocycles. The van der Waals surface area contributed by atoms with Gasteiger partial charge in [-0.2, -0.15) is 8.42 Å².